The molecule has 4 aromatic rings. The number of benzene rings is 2. The monoisotopic (exact) mass is 363 g/mol. The number of nitrogens with one attached hydrogen (secondary N) is 1. The summed E-state index contributed by atoms with van der Waals surface area (Å²) in [6.07, 6.45) is 0.672. The molecule has 0 spiro atoms. The van der Waals surface area contributed by atoms with Crippen molar-refractivity contribution >= 4 is 11.3 Å². The Labute approximate surface area is 154 Å². The summed E-state index contributed by atoms with van der Waals surface area (Å²) in [4.78, 5) is 16.9. The summed E-state index contributed by atoms with van der Waals surface area (Å²) in [6, 6.07) is 16.6. The van der Waals surface area contributed by atoms with Gasteiger partial charge in [0.05, 0.1) is 5.69 Å². The molecule has 0 saturated heterocycles. The van der Waals surface area contributed by atoms with Crippen molar-refractivity contribution in [1.29, 1.82) is 0 Å². The van der Waals surface area contributed by atoms with Crippen LogP contribution >= 0.6 is 11.3 Å². The third-order valence-corrected chi connectivity index (χ3v) is 5.09. The fraction of sp³-hybridized carbons (Fsp3) is 0.100. The molecule has 0 radical (unpaired) electrons. The van der Waals surface area contributed by atoms with Gasteiger partial charge in [0.2, 0.25) is 5.13 Å². The van der Waals surface area contributed by atoms with Gasteiger partial charge in [-0.1, -0.05) is 24.3 Å². The molecular formula is C20H17N3O2S. The van der Waals surface area contributed by atoms with E-state index in [1.54, 1.807) is 30.3 Å². The van der Waals surface area contributed by atoms with Gasteiger partial charge in [0, 0.05) is 29.1 Å². The van der Waals surface area contributed by atoms with E-state index in [-0.39, 0.29) is 11.3 Å². The molecule has 0 aliphatic carbocycles. The molecule has 2 heterocycles. The van der Waals surface area contributed by atoms with E-state index in [1.165, 1.54) is 27.1 Å². The van der Waals surface area contributed by atoms with Gasteiger partial charge in [-0.05, 0) is 42.3 Å². The summed E-state index contributed by atoms with van der Waals surface area (Å²) in [5.74, 6) is 0.214. The summed E-state index contributed by atoms with van der Waals surface area (Å²) in [6.45, 7) is 2.06. The van der Waals surface area contributed by atoms with E-state index < -0.39 is 0 Å². The molecule has 0 bridgehead atoms. The number of rotatable bonds is 4. The molecule has 0 atom stereocenters. The maximum absolute atomic E-state index is 12.4. The molecule has 5 nitrogen and oxygen atoms in total. The van der Waals surface area contributed by atoms with Crippen molar-refractivity contribution in [3.05, 3.63) is 87.2 Å². The quantitative estimate of drug-likeness (QED) is 0.578. The first-order valence-electron chi connectivity index (χ1n) is 8.21. The number of aromatic amines is 1. The predicted octanol–water partition coefficient (Wildman–Crippen LogP) is 3.89. The van der Waals surface area contributed by atoms with Crippen LogP contribution < -0.4 is 5.56 Å². The summed E-state index contributed by atoms with van der Waals surface area (Å²) >= 11 is 1.40. The van der Waals surface area contributed by atoms with Gasteiger partial charge in [-0.2, -0.15) is 4.68 Å². The second-order valence-corrected chi connectivity index (χ2v) is 6.96. The fourth-order valence-electron chi connectivity index (χ4n) is 2.82. The van der Waals surface area contributed by atoms with Crippen molar-refractivity contribution in [2.75, 3.05) is 0 Å². The third kappa shape index (κ3) is 3.19. The van der Waals surface area contributed by atoms with Gasteiger partial charge in [-0.25, -0.2) is 4.98 Å². The maximum atomic E-state index is 12.4. The van der Waals surface area contributed by atoms with E-state index >= 15 is 0 Å². The smallest absolute Gasteiger partial charge is 0.273 e. The normalized spacial score (nSPS) is 11.0. The summed E-state index contributed by atoms with van der Waals surface area (Å²) in [7, 11) is 0. The van der Waals surface area contributed by atoms with Gasteiger partial charge < -0.3 is 5.11 Å². The molecule has 0 unspecified atom stereocenters. The highest BCUT2D eigenvalue weighted by atomic mass is 32.1. The van der Waals surface area contributed by atoms with Gasteiger partial charge in [0.1, 0.15) is 5.75 Å². The van der Waals surface area contributed by atoms with Crippen molar-refractivity contribution in [3.63, 3.8) is 0 Å². The minimum atomic E-state index is -0.125. The minimum Gasteiger partial charge on any atom is -0.508 e. The highest BCUT2D eigenvalue weighted by Gasteiger charge is 2.11. The Morgan fingerprint density at radius 3 is 2.69 bits per heavy atom. The van der Waals surface area contributed by atoms with Gasteiger partial charge in [0.25, 0.3) is 5.56 Å². The molecule has 2 aromatic heterocycles. The van der Waals surface area contributed by atoms with Crippen molar-refractivity contribution in [2.45, 2.75) is 13.3 Å². The number of H-pyrrole nitrogens is 1. The first-order valence-corrected chi connectivity index (χ1v) is 9.09. The zero-order valence-corrected chi connectivity index (χ0v) is 15.0. The Morgan fingerprint density at radius 1 is 1.15 bits per heavy atom. The summed E-state index contributed by atoms with van der Waals surface area (Å²) in [5.41, 5.74) is 4.78. The number of hydrogen-bond acceptors (Lipinski definition) is 4. The van der Waals surface area contributed by atoms with Gasteiger partial charge in [0.15, 0.2) is 0 Å². The molecular weight excluding hydrogens is 346 g/mol. The molecule has 4 rings (SSSR count). The maximum Gasteiger partial charge on any atom is 0.273 e. The third-order valence-electron chi connectivity index (χ3n) is 4.26. The molecule has 130 valence electrons. The van der Waals surface area contributed by atoms with Crippen LogP contribution in [0.4, 0.5) is 0 Å². The number of aryl methyl sites for hydroxylation is 1. The first-order chi connectivity index (χ1) is 12.6. The highest BCUT2D eigenvalue weighted by molar-refractivity contribution is 7.12. The first kappa shape index (κ1) is 16.4. The summed E-state index contributed by atoms with van der Waals surface area (Å²) in [5, 5.41) is 15.0. The van der Waals surface area contributed by atoms with E-state index in [9.17, 15) is 9.90 Å². The molecule has 2 N–H and O–H groups in total. The van der Waals surface area contributed by atoms with Crippen LogP contribution in [0.2, 0.25) is 0 Å². The van der Waals surface area contributed by atoms with Crippen molar-refractivity contribution in [1.82, 2.24) is 14.8 Å². The lowest BCUT2D eigenvalue weighted by Crippen LogP contribution is -2.13. The fourth-order valence-corrected chi connectivity index (χ4v) is 3.62. The van der Waals surface area contributed by atoms with Gasteiger partial charge >= 0.3 is 0 Å². The number of aromatic nitrogens is 3. The van der Waals surface area contributed by atoms with Crippen molar-refractivity contribution < 1.29 is 5.11 Å². The number of phenols is 1. The van der Waals surface area contributed by atoms with Gasteiger partial charge in [-0.15, -0.1) is 11.3 Å². The lowest BCUT2D eigenvalue weighted by atomic mass is 10.0. The van der Waals surface area contributed by atoms with Crippen LogP contribution in [0.15, 0.2) is 64.8 Å². The molecule has 6 heteroatoms. The predicted molar refractivity (Wildman–Crippen MR) is 103 cm³/mol. The Bertz CT molecular complexity index is 1110. The summed E-state index contributed by atoms with van der Waals surface area (Å²) < 4.78 is 1.47. The molecule has 0 amide bonds. The van der Waals surface area contributed by atoms with Crippen LogP contribution in [0.1, 0.15) is 16.8 Å². The average molecular weight is 363 g/mol. The second-order valence-electron chi connectivity index (χ2n) is 6.12. The van der Waals surface area contributed by atoms with Crippen LogP contribution in [-0.4, -0.2) is 19.9 Å². The van der Waals surface area contributed by atoms with Crippen LogP contribution in [0.5, 0.6) is 5.75 Å². The minimum absolute atomic E-state index is 0.125. The van der Waals surface area contributed by atoms with Crippen molar-refractivity contribution in [3.8, 4) is 22.1 Å². The SMILES string of the molecule is Cc1ccccc1Cc1cc(=O)n(-c2nc(-c3ccc(O)cc3)cs2)[nH]1. The average Bonchev–Trinajstić information content (AvgIpc) is 3.24. The van der Waals surface area contributed by atoms with Crippen molar-refractivity contribution in [2.24, 2.45) is 0 Å². The standard InChI is InChI=1S/C20H17N3O2S/c1-13-4-2-3-5-15(13)10-16-11-19(25)23(22-16)20-21-18(12-26-20)14-6-8-17(24)9-7-14/h2-9,11-12,22,24H,10H2,1H3. The molecule has 0 fully saturated rings. The zero-order chi connectivity index (χ0) is 18.1. The number of phenolic OH excluding ortho intramolecular Hbond substituents is 1. The lowest BCUT2D eigenvalue weighted by Gasteiger charge is -2.03. The topological polar surface area (TPSA) is 70.9 Å². The number of nitrogens with zero attached hydrogens (tertiary/aromatic N) is 2. The van der Waals surface area contributed by atoms with E-state index in [2.05, 4.69) is 29.1 Å². The molecule has 2 aromatic carbocycles. The highest BCUT2D eigenvalue weighted by Crippen LogP contribution is 2.25. The number of hydrogen-bond donors (Lipinski definition) is 2. The van der Waals surface area contributed by atoms with Crippen LogP contribution in [0, 0.1) is 6.92 Å². The zero-order valence-electron chi connectivity index (χ0n) is 14.1. The molecule has 0 aliphatic rings. The Hall–Kier alpha value is -3.12. The number of aromatic hydroxyl groups is 1. The van der Waals surface area contributed by atoms with E-state index in [1.807, 2.05) is 17.5 Å². The molecule has 26 heavy (non-hydrogen) atoms. The van der Waals surface area contributed by atoms with E-state index in [0.717, 1.165) is 17.0 Å². The Morgan fingerprint density at radius 2 is 1.92 bits per heavy atom. The van der Waals surface area contributed by atoms with Crippen LogP contribution in [0.25, 0.3) is 16.4 Å². The van der Waals surface area contributed by atoms with E-state index in [0.29, 0.717) is 11.6 Å². The van der Waals surface area contributed by atoms with Crippen LogP contribution in [-0.2, 0) is 6.42 Å². The Balaban J connectivity index is 1.63. The molecule has 0 saturated carbocycles. The van der Waals surface area contributed by atoms with E-state index in [4.69, 9.17) is 0 Å². The van der Waals surface area contributed by atoms with Gasteiger partial charge in [-0.3, -0.25) is 9.89 Å². The Kier molecular flexibility index (Phi) is 4.18. The van der Waals surface area contributed by atoms with Crippen LogP contribution in [0.3, 0.4) is 0 Å². The molecule has 0 aliphatic heterocycles. The second kappa shape index (κ2) is 6.65. The largest absolute Gasteiger partial charge is 0.508 e. The number of thiazole rings is 1. The lowest BCUT2D eigenvalue weighted by molar-refractivity contribution is 0.475.